The summed E-state index contributed by atoms with van der Waals surface area (Å²) in [4.78, 5) is 0. The van der Waals surface area contributed by atoms with Crippen LogP contribution in [0.1, 0.15) is 0 Å². The molecule has 8 rings (SSSR count). The summed E-state index contributed by atoms with van der Waals surface area (Å²) in [5.74, 6) is 1.63. The molecule has 3 heterocycles. The highest BCUT2D eigenvalue weighted by Gasteiger charge is 2.19. The van der Waals surface area contributed by atoms with Gasteiger partial charge in [0.05, 0.1) is 16.7 Å². The average molecular weight is 519 g/mol. The summed E-state index contributed by atoms with van der Waals surface area (Å²) < 4.78 is 5.87. The predicted molar refractivity (Wildman–Crippen MR) is 162 cm³/mol. The number of nitrogens with zero attached hydrogens (tertiary/aromatic N) is 4. The van der Waals surface area contributed by atoms with E-state index < -0.39 is 0 Å². The van der Waals surface area contributed by atoms with Gasteiger partial charge in [-0.3, -0.25) is 4.57 Å². The molecule has 0 N–H and O–H groups in total. The Kier molecular flexibility index (Phi) is 4.96. The van der Waals surface area contributed by atoms with Crippen molar-refractivity contribution in [3.63, 3.8) is 0 Å². The van der Waals surface area contributed by atoms with Gasteiger partial charge in [-0.1, -0.05) is 91.0 Å². The molecule has 0 amide bonds. The molecule has 0 aliphatic rings. The van der Waals surface area contributed by atoms with Crippen molar-refractivity contribution >= 4 is 43.2 Å². The molecule has 0 atom stereocenters. The van der Waals surface area contributed by atoms with Gasteiger partial charge in [0.25, 0.3) is 0 Å². The lowest BCUT2D eigenvalue weighted by Gasteiger charge is -2.14. The fourth-order valence-corrected chi connectivity index (χ4v) is 6.56. The zero-order chi connectivity index (χ0) is 25.8. The van der Waals surface area contributed by atoms with Crippen LogP contribution in [-0.2, 0) is 0 Å². The van der Waals surface area contributed by atoms with Gasteiger partial charge in [-0.2, -0.15) is 0 Å². The summed E-state index contributed by atoms with van der Waals surface area (Å²) in [7, 11) is 0. The number of benzene rings is 5. The second-order valence-electron chi connectivity index (χ2n) is 9.59. The molecule has 0 saturated carbocycles. The van der Waals surface area contributed by atoms with Crippen molar-refractivity contribution in [2.45, 2.75) is 0 Å². The summed E-state index contributed by atoms with van der Waals surface area (Å²) in [5, 5.41) is 15.4. The summed E-state index contributed by atoms with van der Waals surface area (Å²) in [6, 6.07) is 44.6. The van der Waals surface area contributed by atoms with Crippen molar-refractivity contribution in [2.75, 3.05) is 0 Å². The van der Waals surface area contributed by atoms with Gasteiger partial charge in [0, 0.05) is 32.3 Å². The third-order valence-electron chi connectivity index (χ3n) is 7.33. The molecule has 4 nitrogen and oxygen atoms in total. The zero-order valence-corrected chi connectivity index (χ0v) is 21.7. The van der Waals surface area contributed by atoms with Gasteiger partial charge in [0.2, 0.25) is 0 Å². The number of hydrogen-bond donors (Lipinski definition) is 0. The van der Waals surface area contributed by atoms with E-state index in [-0.39, 0.29) is 0 Å². The van der Waals surface area contributed by atoms with Crippen molar-refractivity contribution < 1.29 is 0 Å². The van der Waals surface area contributed by atoms with E-state index in [1.54, 1.807) is 11.3 Å². The maximum Gasteiger partial charge on any atom is 0.168 e. The van der Waals surface area contributed by atoms with Gasteiger partial charge in [-0.15, -0.1) is 21.5 Å². The molecule has 0 aliphatic heterocycles. The second-order valence-corrected chi connectivity index (χ2v) is 10.5. The number of rotatable bonds is 4. The lowest BCUT2D eigenvalue weighted by atomic mass is 10.1. The Hall–Kier alpha value is -5.00. The summed E-state index contributed by atoms with van der Waals surface area (Å²) in [5.41, 5.74) is 6.56. The minimum atomic E-state index is 0.814. The van der Waals surface area contributed by atoms with Crippen LogP contribution in [0.2, 0.25) is 0 Å². The second kappa shape index (κ2) is 8.79. The summed E-state index contributed by atoms with van der Waals surface area (Å²) in [6.07, 6.45) is 0. The van der Waals surface area contributed by atoms with Crippen LogP contribution in [0, 0.1) is 0 Å². The molecular weight excluding hydrogens is 496 g/mol. The van der Waals surface area contributed by atoms with Crippen molar-refractivity contribution in [3.05, 3.63) is 133 Å². The van der Waals surface area contributed by atoms with Crippen LogP contribution >= 0.6 is 11.3 Å². The molecule has 0 bridgehead atoms. The molecule has 0 spiro atoms. The smallest absolute Gasteiger partial charge is 0.168 e. The lowest BCUT2D eigenvalue weighted by Crippen LogP contribution is -2.02. The first-order valence-electron chi connectivity index (χ1n) is 12.9. The number of fused-ring (bicyclic) bond motifs is 5. The van der Waals surface area contributed by atoms with Crippen molar-refractivity contribution in [1.29, 1.82) is 0 Å². The van der Waals surface area contributed by atoms with Gasteiger partial charge in [0.15, 0.2) is 11.6 Å². The maximum absolute atomic E-state index is 4.67. The Morgan fingerprint density at radius 1 is 0.513 bits per heavy atom. The predicted octanol–water partition coefficient (Wildman–Crippen LogP) is 8.91. The topological polar surface area (TPSA) is 35.6 Å². The molecule has 0 aliphatic carbocycles. The average Bonchev–Trinajstić information content (AvgIpc) is 3.73. The fraction of sp³-hybridized carbons (Fsp3) is 0. The third kappa shape index (κ3) is 3.44. The van der Waals surface area contributed by atoms with Crippen LogP contribution in [0.3, 0.4) is 0 Å². The van der Waals surface area contributed by atoms with E-state index in [2.05, 4.69) is 116 Å². The van der Waals surface area contributed by atoms with Crippen LogP contribution < -0.4 is 0 Å². The molecule has 0 saturated heterocycles. The first-order chi connectivity index (χ1) is 19.4. The van der Waals surface area contributed by atoms with E-state index in [1.165, 1.54) is 31.9 Å². The van der Waals surface area contributed by atoms with Crippen LogP contribution in [0.5, 0.6) is 0 Å². The molecule has 3 aromatic heterocycles. The number of hydrogen-bond acceptors (Lipinski definition) is 3. The minimum Gasteiger partial charge on any atom is -0.309 e. The molecule has 184 valence electrons. The highest BCUT2D eigenvalue weighted by Crippen LogP contribution is 2.39. The normalized spacial score (nSPS) is 11.6. The SMILES string of the molecule is c1ccc(-c2nnc(-c3ccccc3)n2-c2cccc(-n3c4ccccc4c4c5sccc5ccc43)c2)cc1. The first-order valence-corrected chi connectivity index (χ1v) is 13.8. The van der Waals surface area contributed by atoms with E-state index in [1.807, 2.05) is 36.4 Å². The molecule has 0 fully saturated rings. The molecule has 0 unspecified atom stereocenters. The van der Waals surface area contributed by atoms with E-state index in [4.69, 9.17) is 0 Å². The Labute approximate surface area is 229 Å². The Balaban J connectivity index is 1.40. The summed E-state index contributed by atoms with van der Waals surface area (Å²) >= 11 is 1.81. The van der Waals surface area contributed by atoms with Gasteiger partial charge in [-0.05, 0) is 47.2 Å². The first kappa shape index (κ1) is 22.0. The van der Waals surface area contributed by atoms with Crippen molar-refractivity contribution in [3.8, 4) is 34.2 Å². The van der Waals surface area contributed by atoms with Crippen molar-refractivity contribution in [2.24, 2.45) is 0 Å². The number of thiophene rings is 1. The highest BCUT2D eigenvalue weighted by molar-refractivity contribution is 7.18. The largest absolute Gasteiger partial charge is 0.309 e. The highest BCUT2D eigenvalue weighted by atomic mass is 32.1. The molecule has 0 radical (unpaired) electrons. The van der Waals surface area contributed by atoms with Gasteiger partial charge >= 0.3 is 0 Å². The molecule has 8 aromatic rings. The minimum absolute atomic E-state index is 0.814. The van der Waals surface area contributed by atoms with Crippen LogP contribution in [-0.4, -0.2) is 19.3 Å². The Morgan fingerprint density at radius 2 is 1.15 bits per heavy atom. The Morgan fingerprint density at radius 3 is 1.87 bits per heavy atom. The van der Waals surface area contributed by atoms with E-state index in [0.717, 1.165) is 34.2 Å². The van der Waals surface area contributed by atoms with Crippen molar-refractivity contribution in [1.82, 2.24) is 19.3 Å². The van der Waals surface area contributed by atoms with Crippen LogP contribution in [0.25, 0.3) is 66.0 Å². The van der Waals surface area contributed by atoms with Gasteiger partial charge in [-0.25, -0.2) is 0 Å². The van der Waals surface area contributed by atoms with Gasteiger partial charge < -0.3 is 4.57 Å². The van der Waals surface area contributed by atoms with E-state index in [9.17, 15) is 0 Å². The number of aromatic nitrogens is 4. The molecule has 5 aromatic carbocycles. The zero-order valence-electron chi connectivity index (χ0n) is 20.9. The molecule has 5 heteroatoms. The van der Waals surface area contributed by atoms with Crippen LogP contribution in [0.15, 0.2) is 133 Å². The monoisotopic (exact) mass is 518 g/mol. The maximum atomic E-state index is 4.67. The summed E-state index contributed by atoms with van der Waals surface area (Å²) in [6.45, 7) is 0. The third-order valence-corrected chi connectivity index (χ3v) is 8.28. The standard InChI is InChI=1S/C34H22N4S/c1-3-10-24(11-4-1)33-35-36-34(25-12-5-2-6-13-25)38(33)27-15-9-14-26(22-27)37-29-17-8-7-16-28(29)31-30(37)19-18-23-20-21-39-32(23)31/h1-22H. The van der Waals surface area contributed by atoms with E-state index >= 15 is 0 Å². The van der Waals surface area contributed by atoms with E-state index in [0.29, 0.717) is 0 Å². The van der Waals surface area contributed by atoms with Gasteiger partial charge in [0.1, 0.15) is 0 Å². The number of para-hydroxylation sites is 1. The molecular formula is C34H22N4S. The Bertz CT molecular complexity index is 2060. The lowest BCUT2D eigenvalue weighted by molar-refractivity contribution is 1.06. The molecule has 39 heavy (non-hydrogen) atoms. The fourth-order valence-electron chi connectivity index (χ4n) is 5.60. The quantitative estimate of drug-likeness (QED) is 0.233. The van der Waals surface area contributed by atoms with Crippen LogP contribution in [0.4, 0.5) is 0 Å².